The highest BCUT2D eigenvalue weighted by atomic mass is 16.8. The first kappa shape index (κ1) is 20.3. The fourth-order valence-corrected chi connectivity index (χ4v) is 3.29. The molecule has 3 saturated heterocycles. The highest BCUT2D eigenvalue weighted by Crippen LogP contribution is 2.35. The first-order chi connectivity index (χ1) is 12.3. The molecule has 0 aliphatic carbocycles. The van der Waals surface area contributed by atoms with E-state index >= 15 is 0 Å². The summed E-state index contributed by atoms with van der Waals surface area (Å²) in [4.78, 5) is 0. The summed E-state index contributed by atoms with van der Waals surface area (Å²) < 4.78 is 31.2. The van der Waals surface area contributed by atoms with Gasteiger partial charge in [0.05, 0.1) is 0 Å². The maximum Gasteiger partial charge on any atom is 0.190 e. The minimum Gasteiger partial charge on any atom is -0.387 e. The molecule has 0 spiro atoms. The molecule has 3 rings (SSSR count). The molecule has 12 atom stereocenters. The molecule has 0 bridgehead atoms. The van der Waals surface area contributed by atoms with Crippen LogP contribution in [0, 0.1) is 0 Å². The predicted octanol–water partition coefficient (Wildman–Crippen LogP) is -4.41. The SMILES string of the molecule is CO[C@@H]1O[C@H]2C(O)OC([C@H]3O[C@H](OC)[C@H](O)[C@@H](O)[C@H]3O)O[C@H]2[C@@H](O)[C@@H]1O. The van der Waals surface area contributed by atoms with Crippen molar-refractivity contribution in [2.75, 3.05) is 14.2 Å². The third kappa shape index (κ3) is 3.37. The molecule has 0 radical (unpaired) electrons. The normalized spacial score (nSPS) is 55.4. The molecule has 0 amide bonds. The Morgan fingerprint density at radius 2 is 1.04 bits per heavy atom. The molecule has 2 unspecified atom stereocenters. The van der Waals surface area contributed by atoms with E-state index in [0.29, 0.717) is 0 Å². The average Bonchev–Trinajstić information content (AvgIpc) is 2.63. The van der Waals surface area contributed by atoms with Gasteiger partial charge < -0.3 is 59.1 Å². The average molecular weight is 384 g/mol. The molecule has 3 aliphatic heterocycles. The zero-order valence-corrected chi connectivity index (χ0v) is 14.1. The summed E-state index contributed by atoms with van der Waals surface area (Å²) >= 11 is 0. The second-order valence-corrected chi connectivity index (χ2v) is 6.36. The fourth-order valence-electron chi connectivity index (χ4n) is 3.29. The summed E-state index contributed by atoms with van der Waals surface area (Å²) in [5.41, 5.74) is 0. The Hall–Kier alpha value is -0.480. The molecular weight excluding hydrogens is 360 g/mol. The zero-order chi connectivity index (χ0) is 19.2. The molecule has 26 heavy (non-hydrogen) atoms. The van der Waals surface area contributed by atoms with Gasteiger partial charge in [-0.05, 0) is 0 Å². The van der Waals surface area contributed by atoms with E-state index in [1.54, 1.807) is 0 Å². The van der Waals surface area contributed by atoms with Crippen LogP contribution < -0.4 is 0 Å². The number of fused-ring (bicyclic) bond motifs is 1. The van der Waals surface area contributed by atoms with Crippen LogP contribution in [-0.2, 0) is 28.4 Å². The van der Waals surface area contributed by atoms with Gasteiger partial charge in [0.25, 0.3) is 0 Å². The van der Waals surface area contributed by atoms with Gasteiger partial charge in [0.15, 0.2) is 25.2 Å². The van der Waals surface area contributed by atoms with Crippen LogP contribution in [0.15, 0.2) is 0 Å². The van der Waals surface area contributed by atoms with Crippen LogP contribution in [0.25, 0.3) is 0 Å². The highest BCUT2D eigenvalue weighted by molar-refractivity contribution is 4.97. The van der Waals surface area contributed by atoms with E-state index in [2.05, 4.69) is 0 Å². The fraction of sp³-hybridized carbons (Fsp3) is 1.00. The van der Waals surface area contributed by atoms with E-state index in [0.717, 1.165) is 0 Å². The molecule has 0 aromatic heterocycles. The summed E-state index contributed by atoms with van der Waals surface area (Å²) in [6, 6.07) is 0. The van der Waals surface area contributed by atoms with Crippen molar-refractivity contribution >= 4 is 0 Å². The van der Waals surface area contributed by atoms with Gasteiger partial charge in [-0.25, -0.2) is 0 Å². The topological polar surface area (TPSA) is 177 Å². The third-order valence-corrected chi connectivity index (χ3v) is 4.77. The Kier molecular flexibility index (Phi) is 6.13. The molecule has 12 heteroatoms. The highest BCUT2D eigenvalue weighted by Gasteiger charge is 2.56. The third-order valence-electron chi connectivity index (χ3n) is 4.77. The van der Waals surface area contributed by atoms with Gasteiger partial charge in [-0.2, -0.15) is 0 Å². The quantitative estimate of drug-likeness (QED) is 0.276. The molecule has 0 aromatic carbocycles. The number of hydrogen-bond acceptors (Lipinski definition) is 12. The van der Waals surface area contributed by atoms with Crippen LogP contribution in [0.2, 0.25) is 0 Å². The number of rotatable bonds is 3. The molecule has 3 heterocycles. The van der Waals surface area contributed by atoms with Gasteiger partial charge >= 0.3 is 0 Å². The van der Waals surface area contributed by atoms with Gasteiger partial charge in [0, 0.05) is 14.2 Å². The van der Waals surface area contributed by atoms with Crippen molar-refractivity contribution in [1.82, 2.24) is 0 Å². The lowest BCUT2D eigenvalue weighted by molar-refractivity contribution is -0.430. The zero-order valence-electron chi connectivity index (χ0n) is 14.1. The van der Waals surface area contributed by atoms with E-state index in [4.69, 9.17) is 28.4 Å². The lowest BCUT2D eigenvalue weighted by Gasteiger charge is -2.50. The van der Waals surface area contributed by atoms with Gasteiger partial charge in [-0.1, -0.05) is 0 Å². The summed E-state index contributed by atoms with van der Waals surface area (Å²) in [6.07, 6.45) is -17.0. The monoisotopic (exact) mass is 384 g/mol. The Morgan fingerprint density at radius 3 is 1.62 bits per heavy atom. The van der Waals surface area contributed by atoms with Crippen molar-refractivity contribution in [1.29, 1.82) is 0 Å². The van der Waals surface area contributed by atoms with Crippen molar-refractivity contribution in [2.45, 2.75) is 74.0 Å². The van der Waals surface area contributed by atoms with Gasteiger partial charge in [-0.3, -0.25) is 0 Å². The van der Waals surface area contributed by atoms with E-state index in [1.165, 1.54) is 14.2 Å². The Balaban J connectivity index is 1.77. The molecule has 3 fully saturated rings. The Bertz CT molecular complexity index is 477. The Morgan fingerprint density at radius 1 is 0.538 bits per heavy atom. The Labute approximate surface area is 148 Å². The molecule has 0 aromatic rings. The number of aliphatic hydroxyl groups excluding tert-OH is 6. The lowest BCUT2D eigenvalue weighted by Crippen LogP contribution is -2.69. The number of ether oxygens (including phenoxy) is 6. The summed E-state index contributed by atoms with van der Waals surface area (Å²) in [7, 11) is 2.48. The van der Waals surface area contributed by atoms with E-state index in [9.17, 15) is 30.6 Å². The molecule has 3 aliphatic rings. The summed E-state index contributed by atoms with van der Waals surface area (Å²) in [5.74, 6) is 0. The van der Waals surface area contributed by atoms with Crippen molar-refractivity contribution in [2.24, 2.45) is 0 Å². The maximum atomic E-state index is 10.2. The molecule has 6 N–H and O–H groups in total. The predicted molar refractivity (Wildman–Crippen MR) is 77.1 cm³/mol. The largest absolute Gasteiger partial charge is 0.387 e. The molecule has 12 nitrogen and oxygen atoms in total. The van der Waals surface area contributed by atoms with Gasteiger partial charge in [0.2, 0.25) is 0 Å². The van der Waals surface area contributed by atoms with Crippen LogP contribution >= 0.6 is 0 Å². The van der Waals surface area contributed by atoms with E-state index in [-0.39, 0.29) is 0 Å². The second-order valence-electron chi connectivity index (χ2n) is 6.36. The maximum absolute atomic E-state index is 10.2. The van der Waals surface area contributed by atoms with Crippen LogP contribution in [-0.4, -0.2) is 119 Å². The first-order valence-corrected chi connectivity index (χ1v) is 8.06. The molecule has 0 saturated carbocycles. The number of hydrogen-bond donors (Lipinski definition) is 6. The van der Waals surface area contributed by atoms with E-state index < -0.39 is 74.0 Å². The number of methoxy groups -OCH3 is 2. The molecule has 152 valence electrons. The standard InChI is InChI=1S/C14H24O12/c1-21-12-6(18)3(15)4(16)9(24-12)14-23-8-5(17)7(19)13(22-2)25-10(8)11(20)26-14/h3-20H,1-2H3/t3-,4+,5-,6+,7-,8-,9-,10+,11?,12-,13+,14?/m0/s1. The minimum absolute atomic E-state index is 1.18. The van der Waals surface area contributed by atoms with Gasteiger partial charge in [-0.15, -0.1) is 0 Å². The van der Waals surface area contributed by atoms with E-state index in [1.807, 2.05) is 0 Å². The minimum atomic E-state index is -1.64. The van der Waals surface area contributed by atoms with Crippen molar-refractivity contribution < 1.29 is 59.1 Å². The van der Waals surface area contributed by atoms with Crippen molar-refractivity contribution in [3.8, 4) is 0 Å². The number of aliphatic hydroxyl groups is 6. The van der Waals surface area contributed by atoms with Crippen LogP contribution in [0.4, 0.5) is 0 Å². The van der Waals surface area contributed by atoms with Crippen LogP contribution in [0.3, 0.4) is 0 Å². The van der Waals surface area contributed by atoms with Crippen molar-refractivity contribution in [3.63, 3.8) is 0 Å². The molecular formula is C14H24O12. The van der Waals surface area contributed by atoms with Crippen molar-refractivity contribution in [3.05, 3.63) is 0 Å². The first-order valence-electron chi connectivity index (χ1n) is 8.06. The second kappa shape index (κ2) is 7.87. The lowest BCUT2D eigenvalue weighted by atomic mass is 9.95. The van der Waals surface area contributed by atoms with Crippen LogP contribution in [0.1, 0.15) is 0 Å². The summed E-state index contributed by atoms with van der Waals surface area (Å²) in [6.45, 7) is 0. The van der Waals surface area contributed by atoms with Gasteiger partial charge in [0.1, 0.15) is 48.8 Å². The van der Waals surface area contributed by atoms with Crippen LogP contribution in [0.5, 0.6) is 0 Å². The summed E-state index contributed by atoms with van der Waals surface area (Å²) in [5, 5.41) is 60.3. The smallest absolute Gasteiger partial charge is 0.190 e.